The second-order valence-electron chi connectivity index (χ2n) is 5.30. The Labute approximate surface area is 122 Å². The molecule has 1 aliphatic heterocycles. The molecular weight excluding hydrogens is 268 g/mol. The van der Waals surface area contributed by atoms with E-state index in [-0.39, 0.29) is 29.9 Å². The second-order valence-corrected chi connectivity index (χ2v) is 5.30. The van der Waals surface area contributed by atoms with Crippen molar-refractivity contribution in [3.8, 4) is 5.88 Å². The number of hydrogen-bond acceptors (Lipinski definition) is 3. The van der Waals surface area contributed by atoms with Crippen LogP contribution in [0.4, 0.5) is 0 Å². The minimum atomic E-state index is -0.369. The van der Waals surface area contributed by atoms with Crippen LogP contribution in [0.25, 0.3) is 0 Å². The summed E-state index contributed by atoms with van der Waals surface area (Å²) in [6.45, 7) is 2.12. The lowest BCUT2D eigenvalue weighted by Crippen LogP contribution is -2.22. The quantitative estimate of drug-likeness (QED) is 0.914. The Morgan fingerprint density at radius 3 is 2.52 bits per heavy atom. The highest BCUT2D eigenvalue weighted by molar-refractivity contribution is 5.99. The molecule has 1 atom stereocenters. The fourth-order valence-corrected chi connectivity index (χ4v) is 2.72. The van der Waals surface area contributed by atoms with E-state index < -0.39 is 0 Å². The Kier molecular flexibility index (Phi) is 3.05. The summed E-state index contributed by atoms with van der Waals surface area (Å²) in [5, 5.41) is 10.4. The van der Waals surface area contributed by atoms with E-state index in [1.807, 2.05) is 37.3 Å². The van der Waals surface area contributed by atoms with Gasteiger partial charge in [0.2, 0.25) is 0 Å². The molecule has 0 saturated carbocycles. The van der Waals surface area contributed by atoms with Gasteiger partial charge in [-0.3, -0.25) is 14.2 Å². The molecule has 0 fully saturated rings. The van der Waals surface area contributed by atoms with Gasteiger partial charge in [-0.05, 0) is 12.5 Å². The third kappa shape index (κ3) is 2.01. The van der Waals surface area contributed by atoms with Gasteiger partial charge in [0, 0.05) is 18.7 Å². The van der Waals surface area contributed by atoms with Gasteiger partial charge in [0.15, 0.2) is 5.88 Å². The molecule has 2 heterocycles. The van der Waals surface area contributed by atoms with Crippen molar-refractivity contribution in [1.29, 1.82) is 0 Å². The Morgan fingerprint density at radius 1 is 1.19 bits per heavy atom. The third-order valence-corrected chi connectivity index (χ3v) is 4.05. The van der Waals surface area contributed by atoms with E-state index in [9.17, 15) is 14.7 Å². The van der Waals surface area contributed by atoms with Gasteiger partial charge in [0.1, 0.15) is 0 Å². The topological polar surface area (TPSA) is 62.5 Å². The zero-order valence-electron chi connectivity index (χ0n) is 11.9. The number of aromatic hydroxyl groups is 1. The number of benzene rings is 1. The summed E-state index contributed by atoms with van der Waals surface area (Å²) in [6, 6.07) is 10.5. The molecule has 0 unspecified atom stereocenters. The van der Waals surface area contributed by atoms with E-state index >= 15 is 0 Å². The molecule has 0 radical (unpaired) electrons. The van der Waals surface area contributed by atoms with Crippen LogP contribution in [0.15, 0.2) is 41.2 Å². The molecular formula is C16H16N2O3. The zero-order valence-corrected chi connectivity index (χ0v) is 11.9. The van der Waals surface area contributed by atoms with Gasteiger partial charge in [0.25, 0.3) is 11.5 Å². The lowest BCUT2D eigenvalue weighted by atomic mass is 10.1. The smallest absolute Gasteiger partial charge is 0.254 e. The first-order chi connectivity index (χ1) is 10.0. The van der Waals surface area contributed by atoms with Crippen molar-refractivity contribution in [1.82, 2.24) is 9.47 Å². The monoisotopic (exact) mass is 284 g/mol. The number of amides is 1. The van der Waals surface area contributed by atoms with E-state index in [0.29, 0.717) is 11.1 Å². The van der Waals surface area contributed by atoms with Gasteiger partial charge in [-0.25, -0.2) is 0 Å². The van der Waals surface area contributed by atoms with Crippen LogP contribution in [-0.4, -0.2) is 27.5 Å². The summed E-state index contributed by atoms with van der Waals surface area (Å²) in [7, 11) is 1.67. The van der Waals surface area contributed by atoms with E-state index in [1.165, 1.54) is 15.5 Å². The molecule has 0 bridgehead atoms. The minimum Gasteiger partial charge on any atom is -0.494 e. The van der Waals surface area contributed by atoms with Gasteiger partial charge in [-0.1, -0.05) is 30.3 Å². The highest BCUT2D eigenvalue weighted by Gasteiger charge is 2.35. The molecule has 108 valence electrons. The standard InChI is InChI=1S/C16H16N2O3/c1-10-14-12(15(20)17(10)2)8-13(19)18(16(14)21)9-11-6-4-3-5-7-11/h3-8,10,21H,9H2,1-2H3/t10-/m1/s1. The van der Waals surface area contributed by atoms with Crippen molar-refractivity contribution in [2.24, 2.45) is 0 Å². The predicted octanol–water partition coefficient (Wildman–Crippen LogP) is 1.75. The van der Waals surface area contributed by atoms with Crippen molar-refractivity contribution < 1.29 is 9.90 Å². The van der Waals surface area contributed by atoms with Crippen molar-refractivity contribution in [2.75, 3.05) is 7.05 Å². The molecule has 0 saturated heterocycles. The fourth-order valence-electron chi connectivity index (χ4n) is 2.72. The van der Waals surface area contributed by atoms with E-state index in [0.717, 1.165) is 5.56 Å². The van der Waals surface area contributed by atoms with Crippen LogP contribution >= 0.6 is 0 Å². The lowest BCUT2D eigenvalue weighted by molar-refractivity contribution is 0.0784. The second kappa shape index (κ2) is 4.77. The van der Waals surface area contributed by atoms with Crippen LogP contribution in [0, 0.1) is 0 Å². The molecule has 2 aromatic rings. The van der Waals surface area contributed by atoms with Gasteiger partial charge in [0.05, 0.1) is 18.2 Å². The summed E-state index contributed by atoms with van der Waals surface area (Å²) in [6.07, 6.45) is 0. The number of rotatable bonds is 2. The molecule has 21 heavy (non-hydrogen) atoms. The van der Waals surface area contributed by atoms with Crippen LogP contribution in [0.3, 0.4) is 0 Å². The van der Waals surface area contributed by atoms with Crippen LogP contribution in [0.5, 0.6) is 5.88 Å². The van der Waals surface area contributed by atoms with Crippen LogP contribution in [-0.2, 0) is 6.54 Å². The molecule has 3 rings (SSSR count). The highest BCUT2D eigenvalue weighted by Crippen LogP contribution is 2.36. The molecule has 5 nitrogen and oxygen atoms in total. The Morgan fingerprint density at radius 2 is 1.86 bits per heavy atom. The largest absolute Gasteiger partial charge is 0.494 e. The first-order valence-corrected chi connectivity index (χ1v) is 6.78. The average Bonchev–Trinajstić information content (AvgIpc) is 2.69. The summed E-state index contributed by atoms with van der Waals surface area (Å²) < 4.78 is 1.30. The molecule has 1 aromatic heterocycles. The Bertz CT molecular complexity index is 765. The normalized spacial score (nSPS) is 17.1. The van der Waals surface area contributed by atoms with E-state index in [4.69, 9.17) is 0 Å². The molecule has 1 N–H and O–H groups in total. The van der Waals surface area contributed by atoms with Crippen LogP contribution in [0.1, 0.15) is 34.5 Å². The lowest BCUT2D eigenvalue weighted by Gasteiger charge is -2.17. The predicted molar refractivity (Wildman–Crippen MR) is 78.4 cm³/mol. The molecule has 0 aliphatic carbocycles. The maximum absolute atomic E-state index is 12.2. The number of carbonyl (C=O) groups is 1. The number of aromatic nitrogens is 1. The summed E-state index contributed by atoms with van der Waals surface area (Å²) in [5.74, 6) is -0.344. The van der Waals surface area contributed by atoms with Crippen molar-refractivity contribution >= 4 is 5.91 Å². The first-order valence-electron chi connectivity index (χ1n) is 6.78. The number of fused-ring (bicyclic) bond motifs is 1. The number of carbonyl (C=O) groups excluding carboxylic acids is 1. The SMILES string of the molecule is C[C@@H]1c2c(cc(=O)n(Cc3ccccc3)c2O)C(=O)N1C. The minimum absolute atomic E-state index is 0.119. The van der Waals surface area contributed by atoms with Gasteiger partial charge < -0.3 is 10.0 Å². The van der Waals surface area contributed by atoms with Crippen molar-refractivity contribution in [3.63, 3.8) is 0 Å². The van der Waals surface area contributed by atoms with Crippen molar-refractivity contribution in [2.45, 2.75) is 19.5 Å². The fraction of sp³-hybridized carbons (Fsp3) is 0.250. The van der Waals surface area contributed by atoms with Gasteiger partial charge in [-0.15, -0.1) is 0 Å². The summed E-state index contributed by atoms with van der Waals surface area (Å²) in [4.78, 5) is 25.8. The summed E-state index contributed by atoms with van der Waals surface area (Å²) >= 11 is 0. The molecule has 1 amide bonds. The molecule has 1 aliphatic rings. The molecule has 1 aromatic carbocycles. The van der Waals surface area contributed by atoms with E-state index in [2.05, 4.69) is 0 Å². The van der Waals surface area contributed by atoms with Crippen LogP contribution in [0.2, 0.25) is 0 Å². The van der Waals surface area contributed by atoms with Gasteiger partial charge >= 0.3 is 0 Å². The number of hydrogen-bond donors (Lipinski definition) is 1. The Balaban J connectivity index is 2.13. The maximum Gasteiger partial charge on any atom is 0.254 e. The van der Waals surface area contributed by atoms with Gasteiger partial charge in [-0.2, -0.15) is 0 Å². The van der Waals surface area contributed by atoms with E-state index in [1.54, 1.807) is 7.05 Å². The molecule has 0 spiro atoms. The Hall–Kier alpha value is -2.56. The highest BCUT2D eigenvalue weighted by atomic mass is 16.3. The van der Waals surface area contributed by atoms with Crippen molar-refractivity contribution in [3.05, 3.63) is 63.4 Å². The number of pyridine rings is 1. The zero-order chi connectivity index (χ0) is 15.1. The maximum atomic E-state index is 12.2. The van der Waals surface area contributed by atoms with Crippen LogP contribution < -0.4 is 5.56 Å². The third-order valence-electron chi connectivity index (χ3n) is 4.05. The average molecular weight is 284 g/mol. The number of nitrogens with zero attached hydrogens (tertiary/aromatic N) is 2. The summed E-state index contributed by atoms with van der Waals surface area (Å²) in [5.41, 5.74) is 1.38. The molecule has 5 heteroatoms. The first kappa shape index (κ1) is 13.4.